The molecule has 1 amide bonds. The van der Waals surface area contributed by atoms with E-state index in [1.807, 2.05) is 18.2 Å². The third kappa shape index (κ3) is 2.68. The van der Waals surface area contributed by atoms with Crippen LogP contribution in [-0.2, 0) is 6.54 Å². The maximum Gasteiger partial charge on any atom is 0.271 e. The Hall–Kier alpha value is -2.73. The number of carbonyl (C=O) groups excluding carboxylic acids is 1. The average Bonchev–Trinajstić information content (AvgIpc) is 3.17. The van der Waals surface area contributed by atoms with E-state index in [2.05, 4.69) is 10.3 Å². The van der Waals surface area contributed by atoms with Crippen molar-refractivity contribution < 1.29 is 14.3 Å². The number of ether oxygens (including phenoxy) is 2. The molecule has 0 saturated carbocycles. The third-order valence-corrected chi connectivity index (χ3v) is 3.76. The van der Waals surface area contributed by atoms with E-state index in [9.17, 15) is 4.79 Å². The summed E-state index contributed by atoms with van der Waals surface area (Å²) in [6.45, 7) is 0.610. The Labute approximate surface area is 136 Å². The van der Waals surface area contributed by atoms with Crippen LogP contribution in [0.5, 0.6) is 11.5 Å². The fourth-order valence-electron chi connectivity index (χ4n) is 2.40. The molecule has 0 saturated heterocycles. The first kappa shape index (κ1) is 13.9. The number of amides is 1. The van der Waals surface area contributed by atoms with Gasteiger partial charge in [-0.3, -0.25) is 4.79 Å². The van der Waals surface area contributed by atoms with Crippen LogP contribution >= 0.6 is 11.6 Å². The maximum atomic E-state index is 12.2. The molecule has 0 unspecified atom stereocenters. The molecule has 23 heavy (non-hydrogen) atoms. The first-order chi connectivity index (χ1) is 11.2. The number of rotatable bonds is 3. The number of fused-ring (bicyclic) bond motifs is 2. The smallest absolute Gasteiger partial charge is 0.271 e. The van der Waals surface area contributed by atoms with Crippen molar-refractivity contribution in [3.8, 4) is 11.5 Å². The van der Waals surface area contributed by atoms with Crippen LogP contribution in [0.3, 0.4) is 0 Å². The van der Waals surface area contributed by atoms with Crippen LogP contribution in [0.4, 0.5) is 0 Å². The zero-order chi connectivity index (χ0) is 15.8. The molecule has 116 valence electrons. The molecule has 1 aliphatic rings. The number of benzene rings is 1. The lowest BCUT2D eigenvalue weighted by atomic mass is 10.2. The third-order valence-electron chi connectivity index (χ3n) is 3.54. The van der Waals surface area contributed by atoms with E-state index < -0.39 is 0 Å². The van der Waals surface area contributed by atoms with Crippen molar-refractivity contribution in [1.82, 2.24) is 14.7 Å². The Bertz CT molecular complexity index is 907. The minimum Gasteiger partial charge on any atom is -0.454 e. The first-order valence-electron chi connectivity index (χ1n) is 7.00. The van der Waals surface area contributed by atoms with Crippen molar-refractivity contribution in [2.45, 2.75) is 6.54 Å². The van der Waals surface area contributed by atoms with Crippen LogP contribution < -0.4 is 14.8 Å². The Morgan fingerprint density at radius 2 is 2.09 bits per heavy atom. The van der Waals surface area contributed by atoms with Gasteiger partial charge in [0.15, 0.2) is 11.5 Å². The van der Waals surface area contributed by atoms with Gasteiger partial charge in [-0.25, -0.2) is 4.98 Å². The molecule has 0 aliphatic carbocycles. The van der Waals surface area contributed by atoms with Gasteiger partial charge < -0.3 is 19.2 Å². The summed E-state index contributed by atoms with van der Waals surface area (Å²) in [5.74, 6) is 1.17. The largest absolute Gasteiger partial charge is 0.454 e. The number of aromatic nitrogens is 2. The van der Waals surface area contributed by atoms with Crippen LogP contribution in [-0.4, -0.2) is 22.1 Å². The molecule has 6 nitrogen and oxygen atoms in total. The molecule has 1 aliphatic heterocycles. The van der Waals surface area contributed by atoms with Gasteiger partial charge in [-0.15, -0.1) is 0 Å². The zero-order valence-corrected chi connectivity index (χ0v) is 12.7. The van der Waals surface area contributed by atoms with Crippen LogP contribution in [0.15, 0.2) is 42.7 Å². The van der Waals surface area contributed by atoms with Crippen molar-refractivity contribution >= 4 is 23.2 Å². The van der Waals surface area contributed by atoms with Crippen LogP contribution in [0, 0.1) is 0 Å². The van der Waals surface area contributed by atoms with E-state index in [1.54, 1.807) is 28.9 Å². The number of hydrogen-bond donors (Lipinski definition) is 1. The summed E-state index contributed by atoms with van der Waals surface area (Å²) in [6.07, 6.45) is 3.36. The van der Waals surface area contributed by atoms with Crippen molar-refractivity contribution in [3.05, 3.63) is 59.0 Å². The quantitative estimate of drug-likeness (QED) is 0.802. The van der Waals surface area contributed by atoms with Crippen LogP contribution in [0.2, 0.25) is 5.02 Å². The molecule has 3 heterocycles. The summed E-state index contributed by atoms with van der Waals surface area (Å²) in [5, 5.41) is 3.42. The zero-order valence-electron chi connectivity index (χ0n) is 12.0. The van der Waals surface area contributed by atoms with Gasteiger partial charge in [0.2, 0.25) is 6.79 Å². The number of nitrogens with one attached hydrogen (secondary N) is 1. The Balaban J connectivity index is 1.48. The fraction of sp³-hybridized carbons (Fsp3) is 0.125. The molecule has 1 aromatic carbocycles. The van der Waals surface area contributed by atoms with E-state index >= 15 is 0 Å². The summed E-state index contributed by atoms with van der Waals surface area (Å²) in [4.78, 5) is 16.5. The van der Waals surface area contributed by atoms with Gasteiger partial charge in [-0.1, -0.05) is 17.7 Å². The molecular formula is C16H12ClN3O3. The highest BCUT2D eigenvalue weighted by Gasteiger charge is 2.14. The highest BCUT2D eigenvalue weighted by Crippen LogP contribution is 2.32. The normalized spacial score (nSPS) is 12.6. The van der Waals surface area contributed by atoms with Gasteiger partial charge in [0.05, 0.1) is 5.02 Å². The second-order valence-electron chi connectivity index (χ2n) is 5.11. The predicted molar refractivity (Wildman–Crippen MR) is 83.9 cm³/mol. The second-order valence-corrected chi connectivity index (χ2v) is 5.55. The number of pyridine rings is 1. The molecule has 0 fully saturated rings. The molecule has 0 atom stereocenters. The van der Waals surface area contributed by atoms with E-state index in [1.165, 1.54) is 0 Å². The number of imidazole rings is 1. The van der Waals surface area contributed by atoms with Crippen molar-refractivity contribution in [3.63, 3.8) is 0 Å². The first-order valence-corrected chi connectivity index (χ1v) is 7.38. The highest BCUT2D eigenvalue weighted by atomic mass is 35.5. The van der Waals surface area contributed by atoms with Gasteiger partial charge >= 0.3 is 0 Å². The molecule has 0 radical (unpaired) electrons. The molecule has 0 spiro atoms. The molecule has 7 heteroatoms. The standard InChI is InChI=1S/C16H12ClN3O3/c17-11-2-4-15-19-12(8-20(15)7-11)16(21)18-6-10-1-3-13-14(5-10)23-9-22-13/h1-5,7-8H,6,9H2,(H,18,21). The van der Waals surface area contributed by atoms with Crippen molar-refractivity contribution in [2.24, 2.45) is 0 Å². The summed E-state index contributed by atoms with van der Waals surface area (Å²) in [6, 6.07) is 9.06. The number of hydrogen-bond acceptors (Lipinski definition) is 4. The average molecular weight is 330 g/mol. The fourth-order valence-corrected chi connectivity index (χ4v) is 2.57. The van der Waals surface area contributed by atoms with E-state index in [4.69, 9.17) is 21.1 Å². The van der Waals surface area contributed by atoms with Crippen LogP contribution in [0.1, 0.15) is 16.1 Å². The lowest BCUT2D eigenvalue weighted by molar-refractivity contribution is 0.0946. The summed E-state index contributed by atoms with van der Waals surface area (Å²) in [7, 11) is 0. The van der Waals surface area contributed by atoms with Gasteiger partial charge in [-0.2, -0.15) is 0 Å². The van der Waals surface area contributed by atoms with E-state index in [0.29, 0.717) is 28.7 Å². The van der Waals surface area contributed by atoms with Crippen LogP contribution in [0.25, 0.3) is 5.65 Å². The molecule has 3 aromatic rings. The molecule has 1 N–H and O–H groups in total. The number of nitrogens with zero attached hydrogens (tertiary/aromatic N) is 2. The molecule has 2 aromatic heterocycles. The molecule has 0 bridgehead atoms. The molecular weight excluding hydrogens is 318 g/mol. The minimum atomic E-state index is -0.248. The van der Waals surface area contributed by atoms with E-state index in [0.717, 1.165) is 11.3 Å². The Morgan fingerprint density at radius 3 is 3.00 bits per heavy atom. The molecule has 4 rings (SSSR count). The highest BCUT2D eigenvalue weighted by molar-refractivity contribution is 6.30. The van der Waals surface area contributed by atoms with Gasteiger partial charge in [-0.05, 0) is 29.8 Å². The van der Waals surface area contributed by atoms with Crippen molar-refractivity contribution in [1.29, 1.82) is 0 Å². The summed E-state index contributed by atoms with van der Waals surface area (Å²) in [5.41, 5.74) is 1.94. The van der Waals surface area contributed by atoms with Gasteiger partial charge in [0.25, 0.3) is 5.91 Å². The topological polar surface area (TPSA) is 64.9 Å². The summed E-state index contributed by atoms with van der Waals surface area (Å²) < 4.78 is 12.3. The van der Waals surface area contributed by atoms with E-state index in [-0.39, 0.29) is 12.7 Å². The Kier molecular flexibility index (Phi) is 3.31. The predicted octanol–water partition coefficient (Wildman–Crippen LogP) is 2.65. The number of carbonyl (C=O) groups is 1. The SMILES string of the molecule is O=C(NCc1ccc2c(c1)OCO2)c1cn2cc(Cl)ccc2n1. The monoisotopic (exact) mass is 329 g/mol. The maximum absolute atomic E-state index is 12.2. The minimum absolute atomic E-state index is 0.231. The lowest BCUT2D eigenvalue weighted by Crippen LogP contribution is -2.23. The Morgan fingerprint density at radius 1 is 1.22 bits per heavy atom. The lowest BCUT2D eigenvalue weighted by Gasteiger charge is -2.04. The number of halogens is 1. The summed E-state index contributed by atoms with van der Waals surface area (Å²) >= 11 is 5.92. The van der Waals surface area contributed by atoms with Gasteiger partial charge in [0, 0.05) is 18.9 Å². The van der Waals surface area contributed by atoms with Gasteiger partial charge in [0.1, 0.15) is 11.3 Å². The second kappa shape index (κ2) is 5.48. The van der Waals surface area contributed by atoms with Crippen molar-refractivity contribution in [2.75, 3.05) is 6.79 Å².